The van der Waals surface area contributed by atoms with Gasteiger partial charge in [-0.05, 0) is 18.6 Å². The Kier molecular flexibility index (Phi) is 5.55. The molecule has 110 valence electrons. The fourth-order valence-corrected chi connectivity index (χ4v) is 1.33. The van der Waals surface area contributed by atoms with E-state index >= 15 is 0 Å². The number of anilines is 1. The van der Waals surface area contributed by atoms with E-state index < -0.39 is 11.4 Å². The number of esters is 1. The molecule has 5 nitrogen and oxygen atoms in total. The second kappa shape index (κ2) is 6.93. The van der Waals surface area contributed by atoms with E-state index in [2.05, 4.69) is 10.1 Å². The number of methoxy groups -OCH3 is 1. The van der Waals surface area contributed by atoms with Gasteiger partial charge in [0, 0.05) is 17.2 Å². The van der Waals surface area contributed by atoms with Crippen molar-refractivity contribution in [3.63, 3.8) is 0 Å². The number of hydrogen-bond acceptors (Lipinski definition) is 4. The molecule has 1 N–H and O–H groups in total. The monoisotopic (exact) mass is 279 g/mol. The summed E-state index contributed by atoms with van der Waals surface area (Å²) < 4.78 is 9.76. The first-order valence-electron chi connectivity index (χ1n) is 6.50. The van der Waals surface area contributed by atoms with Crippen LogP contribution in [0.15, 0.2) is 24.3 Å². The zero-order valence-corrected chi connectivity index (χ0v) is 12.4. The lowest BCUT2D eigenvalue weighted by molar-refractivity contribution is -0.142. The number of hydrogen-bond donors (Lipinski definition) is 1. The first-order chi connectivity index (χ1) is 9.39. The summed E-state index contributed by atoms with van der Waals surface area (Å²) in [5, 5.41) is 2.84. The lowest BCUT2D eigenvalue weighted by Crippen LogP contribution is -2.29. The predicted molar refractivity (Wildman–Crippen MR) is 76.7 cm³/mol. The van der Waals surface area contributed by atoms with Crippen LogP contribution in [0.1, 0.15) is 27.2 Å². The van der Waals surface area contributed by atoms with Crippen LogP contribution in [-0.2, 0) is 14.3 Å². The number of benzene rings is 1. The highest BCUT2D eigenvalue weighted by Gasteiger charge is 2.25. The van der Waals surface area contributed by atoms with Gasteiger partial charge in [-0.3, -0.25) is 4.79 Å². The average molecular weight is 279 g/mol. The molecule has 0 radical (unpaired) electrons. The Balaban J connectivity index is 2.69. The molecule has 0 fully saturated rings. The number of carbonyl (C=O) groups excluding carboxylic acids is 2. The molecule has 20 heavy (non-hydrogen) atoms. The summed E-state index contributed by atoms with van der Waals surface area (Å²) in [7, 11) is 1.30. The van der Waals surface area contributed by atoms with Crippen LogP contribution in [0.2, 0.25) is 0 Å². The quantitative estimate of drug-likeness (QED) is 0.813. The lowest BCUT2D eigenvalue weighted by atomic mass is 9.89. The molecule has 0 heterocycles. The van der Waals surface area contributed by atoms with Gasteiger partial charge in [0.05, 0.1) is 7.11 Å². The van der Waals surface area contributed by atoms with Crippen LogP contribution in [0.3, 0.4) is 0 Å². The number of ether oxygens (including phenoxy) is 2. The molecule has 0 aliphatic heterocycles. The summed E-state index contributed by atoms with van der Waals surface area (Å²) >= 11 is 0. The number of amides is 1. The van der Waals surface area contributed by atoms with Gasteiger partial charge in [0.15, 0.2) is 6.61 Å². The van der Waals surface area contributed by atoms with Gasteiger partial charge in [-0.1, -0.05) is 26.8 Å². The van der Waals surface area contributed by atoms with Gasteiger partial charge in [-0.25, -0.2) is 4.79 Å². The molecule has 1 aromatic rings. The van der Waals surface area contributed by atoms with Gasteiger partial charge in [0.2, 0.25) is 5.91 Å². The van der Waals surface area contributed by atoms with Crippen LogP contribution in [0, 0.1) is 5.41 Å². The van der Waals surface area contributed by atoms with Gasteiger partial charge in [0.25, 0.3) is 0 Å². The van der Waals surface area contributed by atoms with Crippen LogP contribution in [0.5, 0.6) is 5.75 Å². The van der Waals surface area contributed by atoms with E-state index in [0.717, 1.165) is 6.42 Å². The Morgan fingerprint density at radius 2 is 2.00 bits per heavy atom. The lowest BCUT2D eigenvalue weighted by Gasteiger charge is -2.21. The number of rotatable bonds is 6. The standard InChI is InChI=1S/C15H21NO4/c1-5-15(2,3)14(18)16-11-7-6-8-12(9-11)20-10-13(17)19-4/h6-9H,5,10H2,1-4H3,(H,16,18). The highest BCUT2D eigenvalue weighted by atomic mass is 16.6. The van der Waals surface area contributed by atoms with E-state index in [4.69, 9.17) is 4.74 Å². The molecule has 1 aromatic carbocycles. The summed E-state index contributed by atoms with van der Waals surface area (Å²) in [5.74, 6) is -0.000762. The minimum Gasteiger partial charge on any atom is -0.482 e. The van der Waals surface area contributed by atoms with Crippen molar-refractivity contribution in [2.75, 3.05) is 19.0 Å². The first kappa shape index (κ1) is 16.0. The van der Waals surface area contributed by atoms with Crippen LogP contribution in [0.25, 0.3) is 0 Å². The maximum absolute atomic E-state index is 12.1. The van der Waals surface area contributed by atoms with Gasteiger partial charge in [-0.15, -0.1) is 0 Å². The van der Waals surface area contributed by atoms with Gasteiger partial charge in [-0.2, -0.15) is 0 Å². The summed E-state index contributed by atoms with van der Waals surface area (Å²) in [4.78, 5) is 23.1. The number of nitrogens with one attached hydrogen (secondary N) is 1. The van der Waals surface area contributed by atoms with E-state index in [0.29, 0.717) is 11.4 Å². The van der Waals surface area contributed by atoms with E-state index in [-0.39, 0.29) is 12.5 Å². The van der Waals surface area contributed by atoms with Crippen LogP contribution in [-0.4, -0.2) is 25.6 Å². The highest BCUT2D eigenvalue weighted by Crippen LogP contribution is 2.24. The van der Waals surface area contributed by atoms with Crippen molar-refractivity contribution >= 4 is 17.6 Å². The van der Waals surface area contributed by atoms with Gasteiger partial charge >= 0.3 is 5.97 Å². The Morgan fingerprint density at radius 1 is 1.30 bits per heavy atom. The molecular formula is C15H21NO4. The third-order valence-electron chi connectivity index (χ3n) is 3.17. The van der Waals surface area contributed by atoms with E-state index in [1.165, 1.54) is 7.11 Å². The molecular weight excluding hydrogens is 258 g/mol. The van der Waals surface area contributed by atoms with E-state index in [1.807, 2.05) is 20.8 Å². The van der Waals surface area contributed by atoms with Gasteiger partial charge in [0.1, 0.15) is 5.75 Å². The zero-order chi connectivity index (χ0) is 15.2. The van der Waals surface area contributed by atoms with Crippen LogP contribution >= 0.6 is 0 Å². The largest absolute Gasteiger partial charge is 0.482 e. The third kappa shape index (κ3) is 4.57. The molecule has 0 aromatic heterocycles. The average Bonchev–Trinajstić information content (AvgIpc) is 2.45. The van der Waals surface area contributed by atoms with E-state index in [1.54, 1.807) is 24.3 Å². The minimum atomic E-state index is -0.452. The van der Waals surface area contributed by atoms with Crippen LogP contribution in [0.4, 0.5) is 5.69 Å². The molecule has 0 atom stereocenters. The SMILES string of the molecule is CCC(C)(C)C(=O)Nc1cccc(OCC(=O)OC)c1. The number of carbonyl (C=O) groups is 2. The topological polar surface area (TPSA) is 64.6 Å². The molecule has 0 saturated heterocycles. The third-order valence-corrected chi connectivity index (χ3v) is 3.17. The summed E-state index contributed by atoms with van der Waals surface area (Å²) in [6, 6.07) is 6.91. The molecule has 0 saturated carbocycles. The Morgan fingerprint density at radius 3 is 2.60 bits per heavy atom. The Hall–Kier alpha value is -2.04. The molecule has 1 amide bonds. The second-order valence-corrected chi connectivity index (χ2v) is 5.08. The maximum Gasteiger partial charge on any atom is 0.343 e. The fraction of sp³-hybridized carbons (Fsp3) is 0.467. The van der Waals surface area contributed by atoms with Crippen molar-refractivity contribution in [2.45, 2.75) is 27.2 Å². The highest BCUT2D eigenvalue weighted by molar-refractivity contribution is 5.94. The minimum absolute atomic E-state index is 0.0508. The Bertz CT molecular complexity index is 483. The first-order valence-corrected chi connectivity index (χ1v) is 6.50. The van der Waals surface area contributed by atoms with Crippen LogP contribution < -0.4 is 10.1 Å². The Labute approximate surface area is 119 Å². The van der Waals surface area contributed by atoms with Crippen molar-refractivity contribution in [3.8, 4) is 5.75 Å². The van der Waals surface area contributed by atoms with Crippen molar-refractivity contribution in [2.24, 2.45) is 5.41 Å². The molecule has 0 bridgehead atoms. The van der Waals surface area contributed by atoms with Gasteiger partial charge < -0.3 is 14.8 Å². The van der Waals surface area contributed by atoms with Crippen molar-refractivity contribution in [1.29, 1.82) is 0 Å². The molecule has 0 aliphatic carbocycles. The summed E-state index contributed by atoms with van der Waals surface area (Å²) in [6.07, 6.45) is 0.747. The maximum atomic E-state index is 12.1. The van der Waals surface area contributed by atoms with Crippen molar-refractivity contribution in [3.05, 3.63) is 24.3 Å². The summed E-state index contributed by atoms with van der Waals surface area (Å²) in [5.41, 5.74) is 0.210. The normalized spacial score (nSPS) is 10.8. The smallest absolute Gasteiger partial charge is 0.343 e. The molecule has 5 heteroatoms. The van der Waals surface area contributed by atoms with Crippen molar-refractivity contribution < 1.29 is 19.1 Å². The molecule has 0 unspecified atom stereocenters. The van der Waals surface area contributed by atoms with E-state index in [9.17, 15) is 9.59 Å². The fourth-order valence-electron chi connectivity index (χ4n) is 1.33. The molecule has 0 spiro atoms. The summed E-state index contributed by atoms with van der Waals surface area (Å²) in [6.45, 7) is 5.59. The van der Waals surface area contributed by atoms with Crippen molar-refractivity contribution in [1.82, 2.24) is 0 Å². The predicted octanol–water partition coefficient (Wildman–Crippen LogP) is 2.61. The second-order valence-electron chi connectivity index (χ2n) is 5.08. The molecule has 1 rings (SSSR count). The molecule has 0 aliphatic rings. The zero-order valence-electron chi connectivity index (χ0n) is 12.4.